The van der Waals surface area contributed by atoms with Gasteiger partial charge in [-0.05, 0) is 55.0 Å². The van der Waals surface area contributed by atoms with E-state index in [4.69, 9.17) is 24.7 Å². The number of pyridine rings is 1. The Morgan fingerprint density at radius 1 is 1.07 bits per heavy atom. The molecule has 0 N–H and O–H groups in total. The van der Waals surface area contributed by atoms with Gasteiger partial charge in [0.05, 0.1) is 61.1 Å². The number of anilines is 1. The number of imidazole rings is 1. The van der Waals surface area contributed by atoms with Crippen LogP contribution in [0.2, 0.25) is 0 Å². The number of halogens is 1. The lowest BCUT2D eigenvalue weighted by atomic mass is 10.1. The SMILES string of the molecule is COC(=O)c1ccc2nc(CN3CCN(c4ccc5ccn(Cc6ccc(C#N)cc6F)c5n4)CC3)n(C[C@@H]3CCO3)c2c1. The van der Waals surface area contributed by atoms with Gasteiger partial charge in [0, 0.05) is 49.9 Å². The fraction of sp³-hybridized carbons (Fsp3) is 0.333. The van der Waals surface area contributed by atoms with Crippen LogP contribution < -0.4 is 4.90 Å². The highest BCUT2D eigenvalue weighted by molar-refractivity contribution is 5.93. The maximum atomic E-state index is 14.6. The number of methoxy groups -OCH3 is 1. The number of nitrogens with zero attached hydrogens (tertiary/aromatic N) is 7. The molecule has 44 heavy (non-hydrogen) atoms. The lowest BCUT2D eigenvalue weighted by Gasteiger charge is -2.35. The Hall–Kier alpha value is -4.79. The van der Waals surface area contributed by atoms with Crippen LogP contribution in [0.15, 0.2) is 60.8 Å². The number of benzene rings is 2. The van der Waals surface area contributed by atoms with Gasteiger partial charge in [0.15, 0.2) is 0 Å². The molecule has 10 nitrogen and oxygen atoms in total. The molecule has 5 heterocycles. The van der Waals surface area contributed by atoms with E-state index >= 15 is 0 Å². The molecule has 2 aliphatic rings. The molecule has 1 atom stereocenters. The summed E-state index contributed by atoms with van der Waals surface area (Å²) in [5, 5.41) is 10.0. The maximum Gasteiger partial charge on any atom is 0.337 e. The summed E-state index contributed by atoms with van der Waals surface area (Å²) in [6.07, 6.45) is 3.09. The van der Waals surface area contributed by atoms with Crippen molar-refractivity contribution in [2.45, 2.75) is 32.2 Å². The van der Waals surface area contributed by atoms with Crippen LogP contribution in [0.4, 0.5) is 10.2 Å². The van der Waals surface area contributed by atoms with Crippen molar-refractivity contribution in [2.75, 3.05) is 44.8 Å². The fourth-order valence-electron chi connectivity index (χ4n) is 5.99. The Labute approximate surface area is 253 Å². The number of ether oxygens (including phenoxy) is 2. The molecule has 7 rings (SSSR count). The Morgan fingerprint density at radius 2 is 1.91 bits per heavy atom. The van der Waals surface area contributed by atoms with Crippen molar-refractivity contribution in [1.82, 2.24) is 24.0 Å². The maximum absolute atomic E-state index is 14.6. The Bertz CT molecular complexity index is 1900. The number of hydrogen-bond acceptors (Lipinski definition) is 8. The topological polar surface area (TPSA) is 101 Å². The van der Waals surface area contributed by atoms with Gasteiger partial charge in [-0.25, -0.2) is 19.2 Å². The third kappa shape index (κ3) is 5.38. The van der Waals surface area contributed by atoms with E-state index in [0.717, 1.165) is 72.9 Å². The van der Waals surface area contributed by atoms with Gasteiger partial charge < -0.3 is 23.5 Å². The summed E-state index contributed by atoms with van der Waals surface area (Å²) in [7, 11) is 1.39. The minimum Gasteiger partial charge on any atom is -0.465 e. The molecule has 224 valence electrons. The van der Waals surface area contributed by atoms with E-state index in [9.17, 15) is 9.18 Å². The van der Waals surface area contributed by atoms with Crippen molar-refractivity contribution < 1.29 is 18.7 Å². The first-order valence-electron chi connectivity index (χ1n) is 14.8. The van der Waals surface area contributed by atoms with Gasteiger partial charge in [-0.15, -0.1) is 0 Å². The number of esters is 1. The molecule has 5 aromatic rings. The summed E-state index contributed by atoms with van der Waals surface area (Å²) in [5.74, 6) is 1.09. The summed E-state index contributed by atoms with van der Waals surface area (Å²) in [5.41, 5.74) is 3.89. The number of carbonyl (C=O) groups is 1. The zero-order valence-corrected chi connectivity index (χ0v) is 24.4. The number of hydrogen-bond donors (Lipinski definition) is 0. The molecule has 0 radical (unpaired) electrons. The lowest BCUT2D eigenvalue weighted by molar-refractivity contribution is -0.0592. The van der Waals surface area contributed by atoms with Crippen LogP contribution in [-0.4, -0.2) is 76.0 Å². The van der Waals surface area contributed by atoms with Crippen LogP contribution in [0.1, 0.15) is 33.7 Å². The van der Waals surface area contributed by atoms with Gasteiger partial charge in [0.1, 0.15) is 23.1 Å². The quantitative estimate of drug-likeness (QED) is 0.245. The molecule has 11 heteroatoms. The smallest absolute Gasteiger partial charge is 0.337 e. The number of rotatable bonds is 8. The van der Waals surface area contributed by atoms with Gasteiger partial charge in [0.2, 0.25) is 0 Å². The first-order chi connectivity index (χ1) is 21.5. The minimum atomic E-state index is -0.393. The van der Waals surface area contributed by atoms with Crippen molar-refractivity contribution in [3.63, 3.8) is 0 Å². The van der Waals surface area contributed by atoms with Crippen molar-refractivity contribution in [3.8, 4) is 6.07 Å². The van der Waals surface area contributed by atoms with E-state index in [-0.39, 0.29) is 12.1 Å². The lowest BCUT2D eigenvalue weighted by Crippen LogP contribution is -2.46. The summed E-state index contributed by atoms with van der Waals surface area (Å²) in [6.45, 7) is 5.80. The van der Waals surface area contributed by atoms with Gasteiger partial charge in [0.25, 0.3) is 0 Å². The standard InChI is InChI=1S/C33H32FN7O3/c1-43-33(42)24-4-6-28-29(17-24)41(20-26-9-15-44-26)31(36-28)21-38-11-13-39(14-12-38)30-7-5-23-8-10-40(32(23)37-30)19-25-3-2-22(18-35)16-27(25)34/h2-8,10,16-17,26H,9,11-15,19-21H2,1H3/t26-/m0/s1. The predicted octanol–water partition coefficient (Wildman–Crippen LogP) is 4.34. The van der Waals surface area contributed by atoms with Crippen LogP contribution in [0.5, 0.6) is 0 Å². The fourth-order valence-corrected chi connectivity index (χ4v) is 5.99. The number of nitriles is 1. The molecule has 2 saturated heterocycles. The molecular formula is C33H32FN7O3. The van der Waals surface area contributed by atoms with Crippen LogP contribution in [0.25, 0.3) is 22.1 Å². The number of fused-ring (bicyclic) bond motifs is 2. The zero-order chi connectivity index (χ0) is 30.2. The van der Waals surface area contributed by atoms with E-state index < -0.39 is 5.82 Å². The highest BCUT2D eigenvalue weighted by Crippen LogP contribution is 2.25. The van der Waals surface area contributed by atoms with Crippen LogP contribution in [0, 0.1) is 17.1 Å². The Kier molecular flexibility index (Phi) is 7.46. The highest BCUT2D eigenvalue weighted by Gasteiger charge is 2.25. The summed E-state index contributed by atoms with van der Waals surface area (Å²) >= 11 is 0. The van der Waals surface area contributed by atoms with E-state index in [2.05, 4.69) is 20.4 Å². The number of carbonyl (C=O) groups excluding carboxylic acids is 1. The molecule has 2 fully saturated rings. The Balaban J connectivity index is 1.06. The van der Waals surface area contributed by atoms with Gasteiger partial charge in [-0.3, -0.25) is 4.90 Å². The van der Waals surface area contributed by atoms with E-state index in [1.165, 1.54) is 13.2 Å². The largest absolute Gasteiger partial charge is 0.465 e. The second-order valence-electron chi connectivity index (χ2n) is 11.3. The molecule has 0 saturated carbocycles. The third-order valence-corrected chi connectivity index (χ3v) is 8.61. The predicted molar refractivity (Wildman–Crippen MR) is 163 cm³/mol. The van der Waals surface area contributed by atoms with Crippen LogP contribution in [-0.2, 0) is 29.1 Å². The molecular weight excluding hydrogens is 561 g/mol. The molecule has 0 aliphatic carbocycles. The average Bonchev–Trinajstić information content (AvgIpc) is 3.59. The normalized spacial score (nSPS) is 17.1. The molecule has 3 aromatic heterocycles. The third-order valence-electron chi connectivity index (χ3n) is 8.61. The molecule has 0 bridgehead atoms. The first-order valence-corrected chi connectivity index (χ1v) is 14.8. The van der Waals surface area contributed by atoms with Crippen molar-refractivity contribution in [1.29, 1.82) is 5.26 Å². The van der Waals surface area contributed by atoms with Crippen LogP contribution >= 0.6 is 0 Å². The minimum absolute atomic E-state index is 0.151. The van der Waals surface area contributed by atoms with Crippen molar-refractivity contribution >= 4 is 33.9 Å². The van der Waals surface area contributed by atoms with Gasteiger partial charge >= 0.3 is 5.97 Å². The first kappa shape index (κ1) is 28.0. The number of piperazine rings is 1. The molecule has 0 spiro atoms. The van der Waals surface area contributed by atoms with Gasteiger partial charge in [-0.2, -0.15) is 5.26 Å². The van der Waals surface area contributed by atoms with E-state index in [1.807, 2.05) is 41.1 Å². The molecule has 0 amide bonds. The number of aromatic nitrogens is 4. The molecule has 0 unspecified atom stereocenters. The van der Waals surface area contributed by atoms with Crippen molar-refractivity contribution in [3.05, 3.63) is 89.1 Å². The monoisotopic (exact) mass is 593 g/mol. The molecule has 2 aliphatic heterocycles. The van der Waals surface area contributed by atoms with Gasteiger partial charge in [-0.1, -0.05) is 6.07 Å². The second-order valence-corrected chi connectivity index (χ2v) is 11.3. The summed E-state index contributed by atoms with van der Waals surface area (Å²) < 4.78 is 29.4. The van der Waals surface area contributed by atoms with Crippen molar-refractivity contribution in [2.24, 2.45) is 0 Å². The van der Waals surface area contributed by atoms with E-state index in [1.54, 1.807) is 18.2 Å². The summed E-state index contributed by atoms with van der Waals surface area (Å²) in [4.78, 5) is 26.8. The highest BCUT2D eigenvalue weighted by atomic mass is 19.1. The molecule has 2 aromatic carbocycles. The van der Waals surface area contributed by atoms with Crippen LogP contribution in [0.3, 0.4) is 0 Å². The van der Waals surface area contributed by atoms with E-state index in [0.29, 0.717) is 36.3 Å². The Morgan fingerprint density at radius 3 is 2.64 bits per heavy atom. The zero-order valence-electron chi connectivity index (χ0n) is 24.4. The average molecular weight is 594 g/mol. The summed E-state index contributed by atoms with van der Waals surface area (Å²) in [6, 6.07) is 18.1. The second kappa shape index (κ2) is 11.7.